The molecule has 0 aliphatic carbocycles. The Labute approximate surface area is 104 Å². The van der Waals surface area contributed by atoms with Gasteiger partial charge in [-0.05, 0) is 32.0 Å². The van der Waals surface area contributed by atoms with Gasteiger partial charge in [0.1, 0.15) is 0 Å². The molecule has 0 saturated carbocycles. The third kappa shape index (κ3) is 3.40. The van der Waals surface area contributed by atoms with Crippen molar-refractivity contribution in [2.75, 3.05) is 18.5 Å². The van der Waals surface area contributed by atoms with E-state index in [2.05, 4.69) is 15.6 Å². The van der Waals surface area contributed by atoms with Gasteiger partial charge in [-0.3, -0.25) is 0 Å². The Morgan fingerprint density at radius 2 is 2.62 bits per heavy atom. The maximum absolute atomic E-state index is 5.49. The minimum absolute atomic E-state index is 0.304. The van der Waals surface area contributed by atoms with Gasteiger partial charge in [-0.25, -0.2) is 4.98 Å². The summed E-state index contributed by atoms with van der Waals surface area (Å²) >= 11 is 6.72. The highest BCUT2D eigenvalue weighted by molar-refractivity contribution is 7.80. The molecule has 4 nitrogen and oxygen atoms in total. The minimum Gasteiger partial charge on any atom is -0.376 e. The number of ether oxygens (including phenoxy) is 1. The van der Waals surface area contributed by atoms with Crippen LogP contribution < -0.4 is 10.6 Å². The molecule has 1 aromatic heterocycles. The molecule has 16 heavy (non-hydrogen) atoms. The lowest BCUT2D eigenvalue weighted by atomic mass is 10.2. The number of rotatable bonds is 3. The largest absolute Gasteiger partial charge is 0.376 e. The highest BCUT2D eigenvalue weighted by Crippen LogP contribution is 2.14. The lowest BCUT2D eigenvalue weighted by Crippen LogP contribution is -2.34. The Kier molecular flexibility index (Phi) is 4.09. The molecule has 0 spiro atoms. The molecule has 1 saturated heterocycles. The van der Waals surface area contributed by atoms with Crippen LogP contribution in [-0.2, 0) is 4.74 Å². The van der Waals surface area contributed by atoms with Crippen molar-refractivity contribution >= 4 is 33.8 Å². The molecule has 0 aromatic carbocycles. The molecule has 1 unspecified atom stereocenters. The van der Waals surface area contributed by atoms with Crippen molar-refractivity contribution < 1.29 is 4.74 Å². The Hall–Kier alpha value is -0.720. The molecule has 88 valence electrons. The van der Waals surface area contributed by atoms with Crippen LogP contribution in [0.2, 0.25) is 0 Å². The second kappa shape index (κ2) is 5.56. The van der Waals surface area contributed by atoms with E-state index < -0.39 is 0 Å². The molecule has 1 aromatic rings. The Morgan fingerprint density at radius 3 is 3.25 bits per heavy atom. The summed E-state index contributed by atoms with van der Waals surface area (Å²) in [6.07, 6.45) is 2.57. The minimum atomic E-state index is 0.304. The summed E-state index contributed by atoms with van der Waals surface area (Å²) in [6, 6.07) is 0. The van der Waals surface area contributed by atoms with Crippen molar-refractivity contribution in [3.05, 3.63) is 11.1 Å². The number of aromatic nitrogens is 1. The van der Waals surface area contributed by atoms with Gasteiger partial charge in [0.2, 0.25) is 0 Å². The number of aryl methyl sites for hydroxylation is 1. The highest BCUT2D eigenvalue weighted by atomic mass is 32.1. The topological polar surface area (TPSA) is 46.2 Å². The van der Waals surface area contributed by atoms with Crippen LogP contribution in [0.5, 0.6) is 0 Å². The average Bonchev–Trinajstić information content (AvgIpc) is 2.87. The van der Waals surface area contributed by atoms with E-state index in [0.717, 1.165) is 36.8 Å². The van der Waals surface area contributed by atoms with Crippen LogP contribution in [0.15, 0.2) is 5.38 Å². The summed E-state index contributed by atoms with van der Waals surface area (Å²) in [5.41, 5.74) is 1.01. The van der Waals surface area contributed by atoms with Crippen LogP contribution in [0.25, 0.3) is 0 Å². The first-order chi connectivity index (χ1) is 7.74. The number of thiazole rings is 1. The lowest BCUT2D eigenvalue weighted by Gasteiger charge is -2.12. The van der Waals surface area contributed by atoms with Crippen molar-refractivity contribution in [3.8, 4) is 0 Å². The zero-order chi connectivity index (χ0) is 11.4. The zero-order valence-corrected chi connectivity index (χ0v) is 10.8. The van der Waals surface area contributed by atoms with E-state index in [4.69, 9.17) is 17.0 Å². The SMILES string of the molecule is Cc1csc(NC(=S)NCC2CCCO2)n1. The second-order valence-corrected chi connectivity index (χ2v) is 5.03. The molecule has 2 N–H and O–H groups in total. The van der Waals surface area contributed by atoms with Gasteiger partial charge in [-0.15, -0.1) is 11.3 Å². The van der Waals surface area contributed by atoms with E-state index in [0.29, 0.717) is 11.2 Å². The summed E-state index contributed by atoms with van der Waals surface area (Å²) < 4.78 is 5.49. The van der Waals surface area contributed by atoms with Crippen molar-refractivity contribution in [3.63, 3.8) is 0 Å². The standard InChI is InChI=1S/C10H15N3OS2/c1-7-6-16-10(12-7)13-9(15)11-5-8-3-2-4-14-8/h6,8H,2-5H2,1H3,(H2,11,12,13,15). The average molecular weight is 257 g/mol. The fraction of sp³-hybridized carbons (Fsp3) is 0.600. The second-order valence-electron chi connectivity index (χ2n) is 3.76. The molecule has 0 radical (unpaired) electrons. The predicted octanol–water partition coefficient (Wildman–Crippen LogP) is 1.92. The highest BCUT2D eigenvalue weighted by Gasteiger charge is 2.15. The fourth-order valence-electron chi connectivity index (χ4n) is 1.56. The third-order valence-corrected chi connectivity index (χ3v) is 3.48. The fourth-order valence-corrected chi connectivity index (χ4v) is 2.50. The number of anilines is 1. The normalized spacial score (nSPS) is 19.7. The summed E-state index contributed by atoms with van der Waals surface area (Å²) in [6.45, 7) is 3.61. The van der Waals surface area contributed by atoms with Crippen LogP contribution in [0, 0.1) is 6.92 Å². The predicted molar refractivity (Wildman–Crippen MR) is 70.0 cm³/mol. The molecular formula is C10H15N3OS2. The number of hydrogen-bond acceptors (Lipinski definition) is 4. The summed E-state index contributed by atoms with van der Waals surface area (Å²) in [5, 5.41) is 9.65. The maximum Gasteiger partial charge on any atom is 0.189 e. The lowest BCUT2D eigenvalue weighted by molar-refractivity contribution is 0.114. The molecule has 2 heterocycles. The Morgan fingerprint density at radius 1 is 1.75 bits per heavy atom. The van der Waals surface area contributed by atoms with Crippen LogP contribution in [0.4, 0.5) is 5.13 Å². The van der Waals surface area contributed by atoms with Gasteiger partial charge in [0.05, 0.1) is 11.8 Å². The van der Waals surface area contributed by atoms with Crippen LogP contribution >= 0.6 is 23.6 Å². The Balaban J connectivity index is 1.71. The number of nitrogens with one attached hydrogen (secondary N) is 2. The van der Waals surface area contributed by atoms with Crippen molar-refractivity contribution in [1.29, 1.82) is 0 Å². The third-order valence-electron chi connectivity index (χ3n) is 2.35. The van der Waals surface area contributed by atoms with E-state index in [1.807, 2.05) is 12.3 Å². The van der Waals surface area contributed by atoms with E-state index in [1.54, 1.807) is 11.3 Å². The zero-order valence-electron chi connectivity index (χ0n) is 9.16. The molecule has 1 fully saturated rings. The quantitative estimate of drug-likeness (QED) is 0.810. The molecule has 1 aliphatic rings. The monoisotopic (exact) mass is 257 g/mol. The van der Waals surface area contributed by atoms with Gasteiger partial charge in [0, 0.05) is 18.5 Å². The molecule has 0 bridgehead atoms. The van der Waals surface area contributed by atoms with E-state index in [-0.39, 0.29) is 0 Å². The van der Waals surface area contributed by atoms with Gasteiger partial charge in [-0.1, -0.05) is 0 Å². The van der Waals surface area contributed by atoms with Gasteiger partial charge >= 0.3 is 0 Å². The first-order valence-corrected chi connectivity index (χ1v) is 6.61. The van der Waals surface area contributed by atoms with Crippen molar-refractivity contribution in [2.24, 2.45) is 0 Å². The van der Waals surface area contributed by atoms with Gasteiger partial charge in [0.15, 0.2) is 10.2 Å². The van der Waals surface area contributed by atoms with Gasteiger partial charge < -0.3 is 15.4 Å². The van der Waals surface area contributed by atoms with Crippen LogP contribution in [-0.4, -0.2) is 29.4 Å². The summed E-state index contributed by atoms with van der Waals surface area (Å²) in [5.74, 6) is 0. The number of nitrogens with zero attached hydrogens (tertiary/aromatic N) is 1. The molecule has 0 amide bonds. The van der Waals surface area contributed by atoms with E-state index in [1.165, 1.54) is 0 Å². The van der Waals surface area contributed by atoms with Crippen LogP contribution in [0.1, 0.15) is 18.5 Å². The van der Waals surface area contributed by atoms with E-state index in [9.17, 15) is 0 Å². The smallest absolute Gasteiger partial charge is 0.189 e. The van der Waals surface area contributed by atoms with Crippen molar-refractivity contribution in [2.45, 2.75) is 25.9 Å². The molecule has 2 rings (SSSR count). The van der Waals surface area contributed by atoms with Gasteiger partial charge in [-0.2, -0.15) is 0 Å². The molecule has 1 atom stereocenters. The molecule has 6 heteroatoms. The first-order valence-electron chi connectivity index (χ1n) is 5.32. The first kappa shape index (κ1) is 11.8. The molecule has 1 aliphatic heterocycles. The van der Waals surface area contributed by atoms with Crippen molar-refractivity contribution in [1.82, 2.24) is 10.3 Å². The maximum atomic E-state index is 5.49. The Bertz CT molecular complexity index is 361. The summed E-state index contributed by atoms with van der Waals surface area (Å²) in [7, 11) is 0. The number of hydrogen-bond donors (Lipinski definition) is 2. The summed E-state index contributed by atoms with van der Waals surface area (Å²) in [4.78, 5) is 4.28. The van der Waals surface area contributed by atoms with Gasteiger partial charge in [0.25, 0.3) is 0 Å². The van der Waals surface area contributed by atoms with Crippen LogP contribution in [0.3, 0.4) is 0 Å². The van der Waals surface area contributed by atoms with E-state index >= 15 is 0 Å². The molecular weight excluding hydrogens is 242 g/mol. The number of thiocarbonyl (C=S) groups is 1.